The highest BCUT2D eigenvalue weighted by atomic mass is 16.2. The Labute approximate surface area is 228 Å². The first-order chi connectivity index (χ1) is 19.4. The molecule has 0 saturated carbocycles. The van der Waals surface area contributed by atoms with Gasteiger partial charge in [0.1, 0.15) is 11.3 Å². The minimum atomic E-state index is -0.578. The molecule has 1 unspecified atom stereocenters. The number of amides is 1. The van der Waals surface area contributed by atoms with E-state index in [0.717, 1.165) is 0 Å². The molecule has 0 bridgehead atoms. The Morgan fingerprint density at radius 3 is 2.65 bits per heavy atom. The summed E-state index contributed by atoms with van der Waals surface area (Å²) in [6.07, 6.45) is 6.73. The maximum absolute atomic E-state index is 14.2. The highest BCUT2D eigenvalue weighted by Crippen LogP contribution is 2.24. The number of para-hydroxylation sites is 1. The fraction of sp³-hybridized carbons (Fsp3) is 0.100. The van der Waals surface area contributed by atoms with E-state index < -0.39 is 11.9 Å². The zero-order valence-corrected chi connectivity index (χ0v) is 21.7. The second-order valence-electron chi connectivity index (χ2n) is 9.33. The second kappa shape index (κ2) is 9.89. The lowest BCUT2D eigenvalue weighted by atomic mass is 10.0. The molecule has 0 fully saturated rings. The molecule has 4 heterocycles. The van der Waals surface area contributed by atoms with E-state index in [1.165, 1.54) is 4.52 Å². The van der Waals surface area contributed by atoms with Gasteiger partial charge in [-0.1, -0.05) is 36.3 Å². The number of nitrogens with one attached hydrogen (secondary N) is 1. The molecule has 6 rings (SSSR count). The Kier molecular flexibility index (Phi) is 6.09. The Balaban J connectivity index is 1.48. The number of benzene rings is 2. The number of hydrogen-bond acceptors (Lipinski definition) is 6. The number of carbonyl (C=O) groups excluding carboxylic acids is 1. The van der Waals surface area contributed by atoms with E-state index in [2.05, 4.69) is 32.2 Å². The number of carbonyl (C=O) groups is 1. The van der Waals surface area contributed by atoms with E-state index in [1.54, 1.807) is 29.4 Å². The Hall–Kier alpha value is -5.69. The van der Waals surface area contributed by atoms with E-state index in [-0.39, 0.29) is 16.9 Å². The average molecular weight is 529 g/mol. The molecule has 0 aliphatic carbocycles. The van der Waals surface area contributed by atoms with Crippen molar-refractivity contribution >= 4 is 28.1 Å². The van der Waals surface area contributed by atoms with Crippen molar-refractivity contribution in [1.29, 1.82) is 0 Å². The van der Waals surface area contributed by atoms with E-state index in [1.807, 2.05) is 79.3 Å². The Morgan fingerprint density at radius 1 is 1.05 bits per heavy atom. The molecule has 1 amide bonds. The van der Waals surface area contributed by atoms with Crippen LogP contribution in [0, 0.1) is 11.8 Å². The van der Waals surface area contributed by atoms with Crippen LogP contribution in [0.15, 0.2) is 90.4 Å². The summed E-state index contributed by atoms with van der Waals surface area (Å²) in [4.78, 5) is 36.1. The van der Waals surface area contributed by atoms with Gasteiger partial charge in [-0.2, -0.15) is 0 Å². The number of pyridine rings is 1. The van der Waals surface area contributed by atoms with Crippen molar-refractivity contribution in [1.82, 2.24) is 34.0 Å². The van der Waals surface area contributed by atoms with Crippen molar-refractivity contribution in [2.24, 2.45) is 7.05 Å². The topological polar surface area (TPSA) is 125 Å². The predicted molar refractivity (Wildman–Crippen MR) is 152 cm³/mol. The quantitative estimate of drug-likeness (QED) is 0.339. The van der Waals surface area contributed by atoms with E-state index >= 15 is 0 Å². The van der Waals surface area contributed by atoms with Crippen molar-refractivity contribution in [2.75, 3.05) is 5.73 Å². The van der Waals surface area contributed by atoms with Gasteiger partial charge in [-0.15, -0.1) is 5.10 Å². The lowest BCUT2D eigenvalue weighted by Crippen LogP contribution is -2.32. The summed E-state index contributed by atoms with van der Waals surface area (Å²) in [7, 11) is 1.87. The fourth-order valence-electron chi connectivity index (χ4n) is 4.72. The summed E-state index contributed by atoms with van der Waals surface area (Å²) in [6.45, 7) is 1.82. The van der Waals surface area contributed by atoms with Crippen LogP contribution in [0.3, 0.4) is 0 Å². The van der Waals surface area contributed by atoms with Crippen LogP contribution in [-0.2, 0) is 7.05 Å². The molecule has 40 heavy (non-hydrogen) atoms. The third-order valence-electron chi connectivity index (χ3n) is 6.56. The van der Waals surface area contributed by atoms with Crippen LogP contribution < -0.4 is 16.6 Å². The molecule has 0 spiro atoms. The zero-order valence-electron chi connectivity index (χ0n) is 21.7. The normalized spacial score (nSPS) is 11.8. The molecular formula is C30H24N8O2. The number of rotatable bonds is 4. The minimum absolute atomic E-state index is 0.0680. The average Bonchev–Trinajstić information content (AvgIpc) is 3.53. The molecular weight excluding hydrogens is 504 g/mol. The van der Waals surface area contributed by atoms with Gasteiger partial charge >= 0.3 is 0 Å². The van der Waals surface area contributed by atoms with Gasteiger partial charge in [0, 0.05) is 42.6 Å². The molecule has 10 heteroatoms. The summed E-state index contributed by atoms with van der Waals surface area (Å²) in [6, 6.07) is 17.9. The summed E-state index contributed by atoms with van der Waals surface area (Å²) in [5.41, 5.74) is 8.80. The van der Waals surface area contributed by atoms with Crippen LogP contribution in [0.4, 0.5) is 5.82 Å². The van der Waals surface area contributed by atoms with Crippen LogP contribution in [-0.4, -0.2) is 34.6 Å². The largest absolute Gasteiger partial charge is 0.381 e. The highest BCUT2D eigenvalue weighted by Gasteiger charge is 2.24. The minimum Gasteiger partial charge on any atom is -0.381 e. The summed E-state index contributed by atoms with van der Waals surface area (Å²) in [5, 5.41) is 8.36. The van der Waals surface area contributed by atoms with Crippen molar-refractivity contribution in [3.05, 3.63) is 118 Å². The molecule has 0 radical (unpaired) electrons. The first-order valence-corrected chi connectivity index (χ1v) is 12.5. The number of aromatic nitrogens is 6. The van der Waals surface area contributed by atoms with Crippen LogP contribution in [0.1, 0.15) is 40.3 Å². The number of nitrogen functional groups attached to an aromatic ring is 1. The van der Waals surface area contributed by atoms with Gasteiger partial charge < -0.3 is 15.6 Å². The maximum atomic E-state index is 14.2. The maximum Gasteiger partial charge on any atom is 0.264 e. The molecule has 0 saturated heterocycles. The van der Waals surface area contributed by atoms with Crippen LogP contribution >= 0.6 is 0 Å². The van der Waals surface area contributed by atoms with E-state index in [0.29, 0.717) is 39.1 Å². The van der Waals surface area contributed by atoms with Crippen LogP contribution in [0.25, 0.3) is 22.1 Å². The third-order valence-corrected chi connectivity index (χ3v) is 6.56. The monoisotopic (exact) mass is 528 g/mol. The van der Waals surface area contributed by atoms with Gasteiger partial charge in [-0.25, -0.2) is 14.5 Å². The van der Waals surface area contributed by atoms with Gasteiger partial charge in [-0.05, 0) is 48.6 Å². The van der Waals surface area contributed by atoms with Crippen molar-refractivity contribution in [3.63, 3.8) is 0 Å². The van der Waals surface area contributed by atoms with Gasteiger partial charge in [-0.3, -0.25) is 14.2 Å². The van der Waals surface area contributed by atoms with E-state index in [4.69, 9.17) is 5.73 Å². The van der Waals surface area contributed by atoms with Crippen molar-refractivity contribution in [2.45, 2.75) is 13.0 Å². The van der Waals surface area contributed by atoms with Gasteiger partial charge in [0.15, 0.2) is 11.5 Å². The fourth-order valence-corrected chi connectivity index (χ4v) is 4.72. The summed E-state index contributed by atoms with van der Waals surface area (Å²) < 4.78 is 4.88. The smallest absolute Gasteiger partial charge is 0.264 e. The lowest BCUT2D eigenvalue weighted by Gasteiger charge is -2.21. The number of nitrogens with zero attached hydrogens (tertiary/aromatic N) is 6. The van der Waals surface area contributed by atoms with Gasteiger partial charge in [0.2, 0.25) is 0 Å². The molecule has 4 aromatic heterocycles. The van der Waals surface area contributed by atoms with E-state index in [9.17, 15) is 9.59 Å². The first kappa shape index (κ1) is 24.6. The predicted octanol–water partition coefficient (Wildman–Crippen LogP) is 3.24. The van der Waals surface area contributed by atoms with Crippen molar-refractivity contribution in [3.8, 4) is 17.5 Å². The highest BCUT2D eigenvalue weighted by molar-refractivity contribution is 6.04. The number of anilines is 1. The van der Waals surface area contributed by atoms with Crippen LogP contribution in [0.5, 0.6) is 0 Å². The standard InChI is InChI=1S/C30H24N8O2/c1-19(34-29(39)26-27(31)35-37-15-7-14-32-28(26)37)24-16-21-9-6-8-20(12-13-22-17-36(2)18-33-22)25(21)30(40)38(24)23-10-4-3-5-11-23/h3-11,14-19H,1-2H3,(H2,31,35)(H,34,39). The van der Waals surface area contributed by atoms with Gasteiger partial charge in [0.25, 0.3) is 11.5 Å². The molecule has 1 atom stereocenters. The third kappa shape index (κ3) is 4.35. The SMILES string of the molecule is CC(NC(=O)c1c(N)nn2cccnc12)c1cc2cccc(C#Cc3cn(C)cn3)c2c(=O)n1-c1ccccc1. The molecule has 3 N–H and O–H groups in total. The zero-order chi connectivity index (χ0) is 27.8. The number of fused-ring (bicyclic) bond motifs is 2. The Morgan fingerprint density at radius 2 is 1.88 bits per heavy atom. The number of imidazole rings is 1. The molecule has 0 aliphatic heterocycles. The molecule has 10 nitrogen and oxygen atoms in total. The summed E-state index contributed by atoms with van der Waals surface area (Å²) >= 11 is 0. The lowest BCUT2D eigenvalue weighted by molar-refractivity contribution is 0.0941. The molecule has 196 valence electrons. The van der Waals surface area contributed by atoms with Crippen LogP contribution in [0.2, 0.25) is 0 Å². The summed E-state index contributed by atoms with van der Waals surface area (Å²) in [5.74, 6) is 5.79. The molecule has 6 aromatic rings. The molecule has 2 aromatic carbocycles. The van der Waals surface area contributed by atoms with Crippen molar-refractivity contribution < 1.29 is 4.79 Å². The number of aryl methyl sites for hydroxylation is 1. The van der Waals surface area contributed by atoms with Gasteiger partial charge in [0.05, 0.1) is 17.8 Å². The first-order valence-electron chi connectivity index (χ1n) is 12.5. The molecule has 0 aliphatic rings. The number of hydrogen-bond donors (Lipinski definition) is 2. The Bertz CT molecular complexity index is 2030. The number of nitrogens with two attached hydrogens (primary N) is 1. The second-order valence-corrected chi connectivity index (χ2v) is 9.33.